The number of methoxy groups -OCH3 is 2. The first-order chi connectivity index (χ1) is 11.9. The number of aryl methyl sites for hydroxylation is 1. The molecule has 0 aliphatic heterocycles. The normalized spacial score (nSPS) is 10.4. The predicted molar refractivity (Wildman–Crippen MR) is 90.7 cm³/mol. The minimum absolute atomic E-state index is 0.0897. The van der Waals surface area contributed by atoms with Crippen molar-refractivity contribution >= 4 is 5.91 Å². The summed E-state index contributed by atoms with van der Waals surface area (Å²) in [6.07, 6.45) is 0.762. The molecular formula is C19H21F2NO3. The summed E-state index contributed by atoms with van der Waals surface area (Å²) < 4.78 is 37.0. The smallest absolute Gasteiger partial charge is 0.222 e. The first-order valence-electron chi connectivity index (χ1n) is 7.82. The first kappa shape index (κ1) is 18.7. The molecule has 2 rings (SSSR count). The molecule has 134 valence electrons. The molecule has 0 bridgehead atoms. The van der Waals surface area contributed by atoms with E-state index >= 15 is 0 Å². The lowest BCUT2D eigenvalue weighted by Gasteiger charge is -2.18. The van der Waals surface area contributed by atoms with E-state index in [2.05, 4.69) is 0 Å². The number of carbonyl (C=O) groups excluding carboxylic acids is 1. The van der Waals surface area contributed by atoms with E-state index in [-0.39, 0.29) is 24.4 Å². The third-order valence-corrected chi connectivity index (χ3v) is 3.89. The highest BCUT2D eigenvalue weighted by Gasteiger charge is 2.13. The Morgan fingerprint density at radius 2 is 1.68 bits per heavy atom. The summed E-state index contributed by atoms with van der Waals surface area (Å²) in [7, 11) is 4.72. The Morgan fingerprint density at radius 3 is 2.24 bits per heavy atom. The summed E-state index contributed by atoms with van der Waals surface area (Å²) in [4.78, 5) is 13.7. The molecule has 0 fully saturated rings. The van der Waals surface area contributed by atoms with Crippen molar-refractivity contribution in [2.24, 2.45) is 0 Å². The minimum atomic E-state index is -0.655. The molecule has 0 aromatic heterocycles. The number of benzene rings is 2. The van der Waals surface area contributed by atoms with E-state index in [1.54, 1.807) is 27.3 Å². The SMILES string of the molecule is COc1cc(CCC(=O)N(C)Cc2ccc(F)cc2F)cc(OC)c1. The van der Waals surface area contributed by atoms with E-state index < -0.39 is 11.6 Å². The van der Waals surface area contributed by atoms with Crippen LogP contribution in [0.2, 0.25) is 0 Å². The number of rotatable bonds is 7. The highest BCUT2D eigenvalue weighted by atomic mass is 19.1. The van der Waals surface area contributed by atoms with E-state index in [1.165, 1.54) is 17.0 Å². The van der Waals surface area contributed by atoms with Gasteiger partial charge in [0, 0.05) is 37.7 Å². The van der Waals surface area contributed by atoms with Gasteiger partial charge in [-0.2, -0.15) is 0 Å². The molecular weight excluding hydrogens is 328 g/mol. The van der Waals surface area contributed by atoms with Crippen molar-refractivity contribution in [3.63, 3.8) is 0 Å². The number of carbonyl (C=O) groups is 1. The lowest BCUT2D eigenvalue weighted by molar-refractivity contribution is -0.130. The summed E-state index contributed by atoms with van der Waals surface area (Å²) in [5.74, 6) is -0.114. The maximum absolute atomic E-state index is 13.7. The van der Waals surface area contributed by atoms with E-state index in [1.807, 2.05) is 12.1 Å². The van der Waals surface area contributed by atoms with Gasteiger partial charge >= 0.3 is 0 Å². The van der Waals surface area contributed by atoms with Crippen LogP contribution in [0.25, 0.3) is 0 Å². The van der Waals surface area contributed by atoms with Gasteiger partial charge in [-0.05, 0) is 30.2 Å². The number of ether oxygens (including phenoxy) is 2. The molecule has 0 radical (unpaired) electrons. The minimum Gasteiger partial charge on any atom is -0.497 e. The highest BCUT2D eigenvalue weighted by molar-refractivity contribution is 5.76. The van der Waals surface area contributed by atoms with Crippen LogP contribution in [-0.4, -0.2) is 32.1 Å². The van der Waals surface area contributed by atoms with Crippen molar-refractivity contribution in [2.45, 2.75) is 19.4 Å². The molecule has 25 heavy (non-hydrogen) atoms. The third-order valence-electron chi connectivity index (χ3n) is 3.89. The Balaban J connectivity index is 1.97. The van der Waals surface area contributed by atoms with Gasteiger partial charge in [0.15, 0.2) is 0 Å². The Kier molecular flexibility index (Phi) is 6.33. The van der Waals surface area contributed by atoms with E-state index in [4.69, 9.17) is 9.47 Å². The van der Waals surface area contributed by atoms with Crippen LogP contribution in [0.4, 0.5) is 8.78 Å². The van der Waals surface area contributed by atoms with Crippen LogP contribution in [0.5, 0.6) is 11.5 Å². The number of nitrogens with zero attached hydrogens (tertiary/aromatic N) is 1. The maximum Gasteiger partial charge on any atom is 0.222 e. The highest BCUT2D eigenvalue weighted by Crippen LogP contribution is 2.23. The summed E-state index contributed by atoms with van der Waals surface area (Å²) in [6.45, 7) is 0.0897. The molecule has 6 heteroatoms. The van der Waals surface area contributed by atoms with E-state index in [0.29, 0.717) is 17.9 Å². The number of amides is 1. The average Bonchev–Trinajstić information content (AvgIpc) is 2.61. The molecule has 0 N–H and O–H groups in total. The average molecular weight is 349 g/mol. The van der Waals surface area contributed by atoms with E-state index in [0.717, 1.165) is 11.6 Å². The Bertz CT molecular complexity index is 727. The molecule has 0 spiro atoms. The lowest BCUT2D eigenvalue weighted by Crippen LogP contribution is -2.26. The molecule has 0 aliphatic carbocycles. The summed E-state index contributed by atoms with van der Waals surface area (Å²) in [5, 5.41) is 0. The molecule has 0 unspecified atom stereocenters. The largest absolute Gasteiger partial charge is 0.497 e. The van der Waals surface area contributed by atoms with Crippen molar-refractivity contribution in [1.82, 2.24) is 4.90 Å². The van der Waals surface area contributed by atoms with Crippen molar-refractivity contribution in [2.75, 3.05) is 21.3 Å². The maximum atomic E-state index is 13.7. The Labute approximate surface area is 146 Å². The molecule has 0 aliphatic rings. The van der Waals surface area contributed by atoms with Crippen LogP contribution in [0, 0.1) is 11.6 Å². The second-order valence-electron chi connectivity index (χ2n) is 5.71. The van der Waals surface area contributed by atoms with Gasteiger partial charge in [-0.1, -0.05) is 6.07 Å². The van der Waals surface area contributed by atoms with Crippen molar-refractivity contribution in [3.8, 4) is 11.5 Å². The molecule has 2 aromatic rings. The quantitative estimate of drug-likeness (QED) is 0.767. The fraction of sp³-hybridized carbons (Fsp3) is 0.316. The molecule has 0 saturated heterocycles. The van der Waals surface area contributed by atoms with Gasteiger partial charge in [0.25, 0.3) is 0 Å². The molecule has 4 nitrogen and oxygen atoms in total. The van der Waals surface area contributed by atoms with Gasteiger partial charge in [0.2, 0.25) is 5.91 Å². The van der Waals surface area contributed by atoms with Crippen LogP contribution >= 0.6 is 0 Å². The summed E-state index contributed by atoms with van der Waals surface area (Å²) >= 11 is 0. The molecule has 2 aromatic carbocycles. The number of hydrogen-bond acceptors (Lipinski definition) is 3. The van der Waals surface area contributed by atoms with Crippen molar-refractivity contribution in [3.05, 3.63) is 59.2 Å². The van der Waals surface area contributed by atoms with E-state index in [9.17, 15) is 13.6 Å². The molecule has 1 amide bonds. The van der Waals surface area contributed by atoms with Gasteiger partial charge < -0.3 is 14.4 Å². The van der Waals surface area contributed by atoms with Crippen molar-refractivity contribution in [1.29, 1.82) is 0 Å². The second kappa shape index (κ2) is 8.46. The van der Waals surface area contributed by atoms with Crippen LogP contribution in [0.1, 0.15) is 17.5 Å². The van der Waals surface area contributed by atoms with Gasteiger partial charge in [-0.3, -0.25) is 4.79 Å². The zero-order chi connectivity index (χ0) is 18.4. The zero-order valence-electron chi connectivity index (χ0n) is 14.5. The molecule has 0 heterocycles. The van der Waals surface area contributed by atoms with Gasteiger partial charge in [-0.15, -0.1) is 0 Å². The molecule has 0 atom stereocenters. The second-order valence-corrected chi connectivity index (χ2v) is 5.71. The Hall–Kier alpha value is -2.63. The Morgan fingerprint density at radius 1 is 1.04 bits per heavy atom. The van der Waals surface area contributed by atoms with Crippen LogP contribution in [0.3, 0.4) is 0 Å². The predicted octanol–water partition coefficient (Wildman–Crippen LogP) is 3.57. The standard InChI is InChI=1S/C19H21F2NO3/c1-22(12-14-5-6-15(20)10-18(14)21)19(23)7-4-13-8-16(24-2)11-17(9-13)25-3/h5-6,8-11H,4,7,12H2,1-3H3. The van der Waals surface area contributed by atoms with Gasteiger partial charge in [-0.25, -0.2) is 8.78 Å². The van der Waals surface area contributed by atoms with Gasteiger partial charge in [0.05, 0.1) is 14.2 Å². The van der Waals surface area contributed by atoms with Crippen molar-refractivity contribution < 1.29 is 23.0 Å². The molecule has 0 saturated carbocycles. The topological polar surface area (TPSA) is 38.8 Å². The fourth-order valence-electron chi connectivity index (χ4n) is 2.45. The first-order valence-corrected chi connectivity index (χ1v) is 7.82. The zero-order valence-corrected chi connectivity index (χ0v) is 14.5. The lowest BCUT2D eigenvalue weighted by atomic mass is 10.1. The number of halogens is 2. The third kappa shape index (κ3) is 5.17. The summed E-state index contributed by atoms with van der Waals surface area (Å²) in [6, 6.07) is 8.79. The fourth-order valence-corrected chi connectivity index (χ4v) is 2.45. The van der Waals surface area contributed by atoms with Crippen LogP contribution in [-0.2, 0) is 17.8 Å². The van der Waals surface area contributed by atoms with Gasteiger partial charge in [0.1, 0.15) is 23.1 Å². The van der Waals surface area contributed by atoms with Crippen LogP contribution < -0.4 is 9.47 Å². The monoisotopic (exact) mass is 349 g/mol. The van der Waals surface area contributed by atoms with Crippen LogP contribution in [0.15, 0.2) is 36.4 Å². The summed E-state index contributed by atoms with van der Waals surface area (Å²) in [5.41, 5.74) is 1.19. The number of hydrogen-bond donors (Lipinski definition) is 0.